The third-order valence-electron chi connectivity index (χ3n) is 3.36. The summed E-state index contributed by atoms with van der Waals surface area (Å²) in [6, 6.07) is 7.22. The van der Waals surface area contributed by atoms with Crippen LogP contribution in [0.2, 0.25) is 5.02 Å². The van der Waals surface area contributed by atoms with E-state index in [9.17, 15) is 4.79 Å². The van der Waals surface area contributed by atoms with Crippen LogP contribution >= 0.6 is 23.8 Å². The normalized spacial score (nSPS) is 16.6. The average Bonchev–Trinajstić information content (AvgIpc) is 2.43. The molecule has 0 atom stereocenters. The van der Waals surface area contributed by atoms with Gasteiger partial charge in [0.25, 0.3) is 0 Å². The molecule has 0 saturated carbocycles. The Morgan fingerprint density at radius 3 is 2.33 bits per heavy atom. The Balaban J connectivity index is 1.77. The van der Waals surface area contributed by atoms with Gasteiger partial charge in [0.15, 0.2) is 0 Å². The van der Waals surface area contributed by atoms with Gasteiger partial charge in [0, 0.05) is 32.7 Å². The van der Waals surface area contributed by atoms with Crippen molar-refractivity contribution in [1.29, 1.82) is 0 Å². The van der Waals surface area contributed by atoms with Gasteiger partial charge in [0.2, 0.25) is 5.91 Å². The van der Waals surface area contributed by atoms with Gasteiger partial charge in [-0.15, -0.1) is 0 Å². The highest BCUT2D eigenvalue weighted by atomic mass is 35.5. The number of piperazine rings is 1. The third kappa shape index (κ3) is 5.24. The van der Waals surface area contributed by atoms with E-state index < -0.39 is 0 Å². The summed E-state index contributed by atoms with van der Waals surface area (Å²) in [7, 11) is 0. The molecule has 1 aromatic rings. The lowest BCUT2D eigenvalue weighted by molar-refractivity contribution is -0.117. The molecule has 0 bridgehead atoms. The van der Waals surface area contributed by atoms with Crippen molar-refractivity contribution in [3.8, 4) is 0 Å². The second-order valence-electron chi connectivity index (χ2n) is 5.05. The summed E-state index contributed by atoms with van der Waals surface area (Å²) in [6.07, 6.45) is 0. The van der Waals surface area contributed by atoms with Crippen molar-refractivity contribution < 1.29 is 4.79 Å². The predicted octanol–water partition coefficient (Wildman–Crippen LogP) is 1.18. The SMILES string of the molecule is NC(=S)CN1CCN(CC(=O)Nc2ccccc2Cl)CC1. The molecule has 1 aliphatic rings. The second-order valence-corrected chi connectivity index (χ2v) is 5.98. The first-order chi connectivity index (χ1) is 10.0. The van der Waals surface area contributed by atoms with Gasteiger partial charge in [0.05, 0.1) is 22.2 Å². The lowest BCUT2D eigenvalue weighted by Crippen LogP contribution is -2.50. The molecule has 1 amide bonds. The maximum atomic E-state index is 12.0. The van der Waals surface area contributed by atoms with Crippen LogP contribution in [0.25, 0.3) is 0 Å². The molecule has 0 aromatic heterocycles. The molecule has 114 valence electrons. The minimum atomic E-state index is -0.0501. The fourth-order valence-corrected chi connectivity index (χ4v) is 2.65. The zero-order valence-corrected chi connectivity index (χ0v) is 13.3. The smallest absolute Gasteiger partial charge is 0.238 e. The van der Waals surface area contributed by atoms with E-state index >= 15 is 0 Å². The lowest BCUT2D eigenvalue weighted by Gasteiger charge is -2.33. The first-order valence-corrected chi connectivity index (χ1v) is 7.60. The molecular formula is C14H19ClN4OS. The summed E-state index contributed by atoms with van der Waals surface area (Å²) in [6.45, 7) is 4.42. The molecule has 7 heteroatoms. The molecule has 1 aromatic carbocycles. The molecule has 0 spiro atoms. The van der Waals surface area contributed by atoms with Crippen LogP contribution in [0.4, 0.5) is 5.69 Å². The van der Waals surface area contributed by atoms with Gasteiger partial charge in [-0.25, -0.2) is 0 Å². The maximum Gasteiger partial charge on any atom is 0.238 e. The highest BCUT2D eigenvalue weighted by Gasteiger charge is 2.19. The molecule has 0 unspecified atom stereocenters. The number of para-hydroxylation sites is 1. The van der Waals surface area contributed by atoms with Gasteiger partial charge in [0.1, 0.15) is 0 Å². The first kappa shape index (κ1) is 16.2. The number of hydrogen-bond acceptors (Lipinski definition) is 4. The van der Waals surface area contributed by atoms with Crippen LogP contribution < -0.4 is 11.1 Å². The maximum absolute atomic E-state index is 12.0. The quantitative estimate of drug-likeness (QED) is 0.796. The van der Waals surface area contributed by atoms with Gasteiger partial charge in [-0.2, -0.15) is 0 Å². The van der Waals surface area contributed by atoms with Crippen molar-refractivity contribution in [2.75, 3.05) is 44.6 Å². The number of nitrogens with one attached hydrogen (secondary N) is 1. The summed E-state index contributed by atoms with van der Waals surface area (Å²) in [4.78, 5) is 16.9. The Bertz CT molecular complexity index is 517. The summed E-state index contributed by atoms with van der Waals surface area (Å²) < 4.78 is 0. The number of hydrogen-bond donors (Lipinski definition) is 2. The Morgan fingerprint density at radius 1 is 1.19 bits per heavy atom. The minimum absolute atomic E-state index is 0.0501. The van der Waals surface area contributed by atoms with Gasteiger partial charge < -0.3 is 11.1 Å². The number of anilines is 1. The first-order valence-electron chi connectivity index (χ1n) is 6.82. The number of carbonyl (C=O) groups is 1. The van der Waals surface area contributed by atoms with E-state index in [2.05, 4.69) is 15.1 Å². The molecule has 0 aliphatic carbocycles. The number of rotatable bonds is 5. The third-order valence-corrected chi connectivity index (χ3v) is 3.82. The zero-order valence-electron chi connectivity index (χ0n) is 11.7. The number of benzene rings is 1. The molecule has 3 N–H and O–H groups in total. The standard InChI is InChI=1S/C14H19ClN4OS/c15-11-3-1-2-4-12(11)17-14(20)10-19-7-5-18(6-8-19)9-13(16)21/h1-4H,5-10H2,(H2,16,21)(H,17,20). The van der Waals surface area contributed by atoms with Crippen molar-refractivity contribution in [1.82, 2.24) is 9.80 Å². The predicted molar refractivity (Wildman–Crippen MR) is 89.7 cm³/mol. The Hall–Kier alpha value is -1.21. The number of amides is 1. The van der Waals surface area contributed by atoms with Crippen molar-refractivity contribution in [3.63, 3.8) is 0 Å². The zero-order chi connectivity index (χ0) is 15.2. The summed E-state index contributed by atoms with van der Waals surface area (Å²) >= 11 is 10.9. The monoisotopic (exact) mass is 326 g/mol. The number of thiocarbonyl (C=S) groups is 1. The van der Waals surface area contributed by atoms with E-state index in [0.717, 1.165) is 26.2 Å². The van der Waals surface area contributed by atoms with Crippen LogP contribution in [0.1, 0.15) is 0 Å². The van der Waals surface area contributed by atoms with E-state index in [1.807, 2.05) is 12.1 Å². The molecule has 21 heavy (non-hydrogen) atoms. The Morgan fingerprint density at radius 2 is 1.76 bits per heavy atom. The highest BCUT2D eigenvalue weighted by molar-refractivity contribution is 7.80. The minimum Gasteiger partial charge on any atom is -0.392 e. The Kier molecular flexibility index (Phi) is 5.93. The van der Waals surface area contributed by atoms with Gasteiger partial charge in [-0.3, -0.25) is 14.6 Å². The number of carbonyl (C=O) groups excluding carboxylic acids is 1. The van der Waals surface area contributed by atoms with E-state index in [1.54, 1.807) is 12.1 Å². The second kappa shape index (κ2) is 7.70. The van der Waals surface area contributed by atoms with Crippen LogP contribution in [0.15, 0.2) is 24.3 Å². The largest absolute Gasteiger partial charge is 0.392 e. The molecule has 1 aliphatic heterocycles. The Labute approximate surface area is 135 Å². The molecule has 1 fully saturated rings. The fraction of sp³-hybridized carbons (Fsp3) is 0.429. The molecular weight excluding hydrogens is 308 g/mol. The number of nitrogens with two attached hydrogens (primary N) is 1. The van der Waals surface area contributed by atoms with Crippen LogP contribution in [0.3, 0.4) is 0 Å². The average molecular weight is 327 g/mol. The summed E-state index contributed by atoms with van der Waals surface area (Å²) in [5, 5.41) is 3.38. The van der Waals surface area contributed by atoms with E-state index in [4.69, 9.17) is 29.6 Å². The van der Waals surface area contributed by atoms with Crippen molar-refractivity contribution >= 4 is 40.4 Å². The highest BCUT2D eigenvalue weighted by Crippen LogP contribution is 2.20. The lowest BCUT2D eigenvalue weighted by atomic mass is 10.3. The van der Waals surface area contributed by atoms with E-state index in [0.29, 0.717) is 28.8 Å². The van der Waals surface area contributed by atoms with Crippen molar-refractivity contribution in [2.24, 2.45) is 5.73 Å². The molecule has 2 rings (SSSR count). The van der Waals surface area contributed by atoms with Crippen molar-refractivity contribution in [3.05, 3.63) is 29.3 Å². The molecule has 5 nitrogen and oxygen atoms in total. The van der Waals surface area contributed by atoms with Crippen LogP contribution in [-0.2, 0) is 4.79 Å². The van der Waals surface area contributed by atoms with Gasteiger partial charge in [-0.1, -0.05) is 36.0 Å². The van der Waals surface area contributed by atoms with E-state index in [1.165, 1.54) is 0 Å². The molecule has 1 saturated heterocycles. The molecule has 1 heterocycles. The van der Waals surface area contributed by atoms with Gasteiger partial charge >= 0.3 is 0 Å². The fourth-order valence-electron chi connectivity index (χ4n) is 2.28. The van der Waals surface area contributed by atoms with Gasteiger partial charge in [-0.05, 0) is 12.1 Å². The summed E-state index contributed by atoms with van der Waals surface area (Å²) in [5.74, 6) is -0.0501. The van der Waals surface area contributed by atoms with Crippen LogP contribution in [-0.4, -0.2) is 60.0 Å². The number of nitrogens with zero attached hydrogens (tertiary/aromatic N) is 2. The topological polar surface area (TPSA) is 61.6 Å². The van der Waals surface area contributed by atoms with E-state index in [-0.39, 0.29) is 5.91 Å². The molecule has 0 radical (unpaired) electrons. The van der Waals surface area contributed by atoms with Crippen LogP contribution in [0, 0.1) is 0 Å². The van der Waals surface area contributed by atoms with Crippen molar-refractivity contribution in [2.45, 2.75) is 0 Å². The summed E-state index contributed by atoms with van der Waals surface area (Å²) in [5.41, 5.74) is 6.19. The number of halogens is 1. The van der Waals surface area contributed by atoms with Crippen LogP contribution in [0.5, 0.6) is 0 Å².